The molecule has 0 heterocycles. The van der Waals surface area contributed by atoms with Crippen molar-refractivity contribution in [3.8, 4) is 0 Å². The van der Waals surface area contributed by atoms with Gasteiger partial charge in [0, 0.05) is 26.4 Å². The van der Waals surface area contributed by atoms with E-state index < -0.39 is 18.0 Å². The molecule has 0 saturated heterocycles. The Balaban J connectivity index is 2.63. The largest absolute Gasteiger partial charge is 0.358 e. The average Bonchev–Trinajstić information content (AvgIpc) is 2.71. The summed E-state index contributed by atoms with van der Waals surface area (Å²) < 4.78 is 0. The van der Waals surface area contributed by atoms with E-state index in [0.717, 1.165) is 5.56 Å². The predicted molar refractivity (Wildman–Crippen MR) is 110 cm³/mol. The number of amides is 4. The number of nitrogens with one attached hydrogen (secondary N) is 4. The number of rotatable bonds is 11. The molecule has 0 saturated carbocycles. The fourth-order valence-corrected chi connectivity index (χ4v) is 2.42. The summed E-state index contributed by atoms with van der Waals surface area (Å²) in [5.41, 5.74) is 6.62. The van der Waals surface area contributed by atoms with Gasteiger partial charge in [-0.3, -0.25) is 19.2 Å². The Bertz CT molecular complexity index is 693. The summed E-state index contributed by atoms with van der Waals surface area (Å²) in [6.45, 7) is 3.60. The van der Waals surface area contributed by atoms with Crippen LogP contribution in [0.2, 0.25) is 0 Å². The van der Waals surface area contributed by atoms with Gasteiger partial charge in [-0.25, -0.2) is 0 Å². The number of carbonyl (C=O) groups excluding carboxylic acids is 4. The first kappa shape index (κ1) is 24.1. The highest BCUT2D eigenvalue weighted by Gasteiger charge is 2.22. The highest BCUT2D eigenvalue weighted by Crippen LogP contribution is 2.04. The maximum Gasteiger partial charge on any atom is 0.243 e. The molecule has 0 fully saturated rings. The predicted octanol–water partition coefficient (Wildman–Crippen LogP) is -0.934. The molecule has 0 aliphatic heterocycles. The first-order valence-electron chi connectivity index (χ1n) is 9.59. The van der Waals surface area contributed by atoms with E-state index in [1.54, 1.807) is 0 Å². The van der Waals surface area contributed by atoms with E-state index in [0.29, 0.717) is 0 Å². The number of carbonyl (C=O) groups is 4. The monoisotopic (exact) mass is 405 g/mol. The minimum Gasteiger partial charge on any atom is -0.358 e. The van der Waals surface area contributed by atoms with E-state index in [9.17, 15) is 19.2 Å². The van der Waals surface area contributed by atoms with Crippen molar-refractivity contribution in [2.45, 2.75) is 38.8 Å². The number of hydrogen-bond acceptors (Lipinski definition) is 5. The Morgan fingerprint density at radius 2 is 1.62 bits per heavy atom. The first-order chi connectivity index (χ1) is 13.7. The van der Waals surface area contributed by atoms with Crippen molar-refractivity contribution in [3.05, 3.63) is 35.9 Å². The van der Waals surface area contributed by atoms with Crippen LogP contribution in [0.5, 0.6) is 0 Å². The second-order valence-corrected chi connectivity index (χ2v) is 7.01. The zero-order valence-electron chi connectivity index (χ0n) is 17.2. The molecular weight excluding hydrogens is 374 g/mol. The third-order valence-electron chi connectivity index (χ3n) is 4.31. The molecular formula is C20H31N5O4. The lowest BCUT2D eigenvalue weighted by Crippen LogP contribution is -2.50. The van der Waals surface area contributed by atoms with Crippen molar-refractivity contribution >= 4 is 23.6 Å². The standard InChI is InChI=1S/C20H31N5O4/c1-13(2)18(21)20(29)23-10-9-16(26)25-15(11-14-7-5-4-6-8-14)19(28)24-12-17(27)22-3/h4-8,13,15,18H,9-12,21H2,1-3H3,(H,22,27)(H,23,29)(H,24,28)(H,25,26)/t15-,18-/m0/s1. The van der Waals surface area contributed by atoms with Crippen molar-refractivity contribution < 1.29 is 19.2 Å². The Morgan fingerprint density at radius 3 is 2.21 bits per heavy atom. The molecule has 9 heteroatoms. The molecule has 9 nitrogen and oxygen atoms in total. The fraction of sp³-hybridized carbons (Fsp3) is 0.500. The van der Waals surface area contributed by atoms with Crippen molar-refractivity contribution in [2.24, 2.45) is 11.7 Å². The quantitative estimate of drug-likeness (QED) is 0.323. The normalized spacial score (nSPS) is 12.6. The second kappa shape index (κ2) is 12.5. The van der Waals surface area contributed by atoms with E-state index in [1.807, 2.05) is 44.2 Å². The average molecular weight is 405 g/mol. The van der Waals surface area contributed by atoms with E-state index in [2.05, 4.69) is 21.3 Å². The zero-order valence-corrected chi connectivity index (χ0v) is 17.2. The molecule has 0 bridgehead atoms. The molecule has 1 rings (SSSR count). The Labute approximate surface area is 171 Å². The molecule has 0 aliphatic carbocycles. The van der Waals surface area contributed by atoms with Gasteiger partial charge in [-0.05, 0) is 11.5 Å². The molecule has 0 aromatic heterocycles. The molecule has 160 valence electrons. The Kier molecular flexibility index (Phi) is 10.4. The van der Waals surface area contributed by atoms with Crippen LogP contribution in [0.15, 0.2) is 30.3 Å². The molecule has 2 atom stereocenters. The van der Waals surface area contributed by atoms with Gasteiger partial charge in [-0.1, -0.05) is 44.2 Å². The topological polar surface area (TPSA) is 142 Å². The van der Waals surface area contributed by atoms with E-state index in [-0.39, 0.29) is 49.6 Å². The minimum atomic E-state index is -0.844. The van der Waals surface area contributed by atoms with Crippen LogP contribution in [0.25, 0.3) is 0 Å². The Morgan fingerprint density at radius 1 is 0.966 bits per heavy atom. The van der Waals surface area contributed by atoms with Gasteiger partial charge in [0.2, 0.25) is 23.6 Å². The lowest BCUT2D eigenvalue weighted by atomic mass is 10.0. The summed E-state index contributed by atoms with van der Waals surface area (Å²) in [6, 6.07) is 7.74. The second-order valence-electron chi connectivity index (χ2n) is 7.01. The van der Waals surface area contributed by atoms with Gasteiger partial charge < -0.3 is 27.0 Å². The van der Waals surface area contributed by atoms with Gasteiger partial charge in [0.15, 0.2) is 0 Å². The summed E-state index contributed by atoms with van der Waals surface area (Å²) >= 11 is 0. The maximum absolute atomic E-state index is 12.5. The lowest BCUT2D eigenvalue weighted by Gasteiger charge is -2.19. The van der Waals surface area contributed by atoms with Crippen LogP contribution in [0, 0.1) is 5.92 Å². The van der Waals surface area contributed by atoms with Gasteiger partial charge in [0.25, 0.3) is 0 Å². The minimum absolute atomic E-state index is 0.00453. The van der Waals surface area contributed by atoms with Gasteiger partial charge >= 0.3 is 0 Å². The third-order valence-corrected chi connectivity index (χ3v) is 4.31. The molecule has 1 aromatic rings. The van der Waals surface area contributed by atoms with E-state index in [4.69, 9.17) is 5.73 Å². The smallest absolute Gasteiger partial charge is 0.243 e. The highest BCUT2D eigenvalue weighted by atomic mass is 16.2. The molecule has 29 heavy (non-hydrogen) atoms. The highest BCUT2D eigenvalue weighted by molar-refractivity contribution is 5.91. The number of nitrogens with two attached hydrogens (primary N) is 1. The summed E-state index contributed by atoms with van der Waals surface area (Å²) in [4.78, 5) is 47.9. The van der Waals surface area contributed by atoms with Crippen LogP contribution in [0.1, 0.15) is 25.8 Å². The molecule has 0 radical (unpaired) electrons. The lowest BCUT2D eigenvalue weighted by molar-refractivity contribution is -0.130. The van der Waals surface area contributed by atoms with E-state index in [1.165, 1.54) is 7.05 Å². The first-order valence-corrected chi connectivity index (χ1v) is 9.59. The molecule has 0 spiro atoms. The molecule has 0 aliphatic rings. The maximum atomic E-state index is 12.5. The number of benzene rings is 1. The molecule has 4 amide bonds. The third kappa shape index (κ3) is 9.20. The van der Waals surface area contributed by atoms with Gasteiger partial charge in [0.05, 0.1) is 12.6 Å². The number of hydrogen-bond donors (Lipinski definition) is 5. The molecule has 1 aromatic carbocycles. The summed E-state index contributed by atoms with van der Waals surface area (Å²) in [6.07, 6.45) is 0.279. The zero-order chi connectivity index (χ0) is 21.8. The molecule has 6 N–H and O–H groups in total. The van der Waals surface area contributed by atoms with Gasteiger partial charge in [-0.15, -0.1) is 0 Å². The Hall–Kier alpha value is -2.94. The fourth-order valence-electron chi connectivity index (χ4n) is 2.42. The van der Waals surface area contributed by atoms with Crippen LogP contribution >= 0.6 is 0 Å². The molecule has 0 unspecified atom stereocenters. The van der Waals surface area contributed by atoms with Crippen molar-refractivity contribution in [2.75, 3.05) is 20.1 Å². The summed E-state index contributed by atoms with van der Waals surface area (Å²) in [5, 5.41) is 10.2. The van der Waals surface area contributed by atoms with Crippen LogP contribution in [0.4, 0.5) is 0 Å². The van der Waals surface area contributed by atoms with Crippen molar-refractivity contribution in [1.82, 2.24) is 21.3 Å². The van der Waals surface area contributed by atoms with Gasteiger partial charge in [-0.2, -0.15) is 0 Å². The van der Waals surface area contributed by atoms with Crippen LogP contribution in [-0.2, 0) is 25.6 Å². The van der Waals surface area contributed by atoms with Crippen LogP contribution in [-0.4, -0.2) is 55.8 Å². The summed E-state index contributed by atoms with van der Waals surface area (Å²) in [5.74, 6) is -1.52. The number of likely N-dealkylation sites (N-methyl/N-ethyl adjacent to an activating group) is 1. The van der Waals surface area contributed by atoms with Crippen molar-refractivity contribution in [3.63, 3.8) is 0 Å². The van der Waals surface area contributed by atoms with Crippen LogP contribution in [0.3, 0.4) is 0 Å². The van der Waals surface area contributed by atoms with Gasteiger partial charge in [0.1, 0.15) is 6.04 Å². The van der Waals surface area contributed by atoms with E-state index >= 15 is 0 Å². The SMILES string of the molecule is CNC(=O)CNC(=O)[C@H](Cc1ccccc1)NC(=O)CCNC(=O)[C@@H](N)C(C)C. The summed E-state index contributed by atoms with van der Waals surface area (Å²) in [7, 11) is 1.47. The van der Waals surface area contributed by atoms with Crippen LogP contribution < -0.4 is 27.0 Å². The van der Waals surface area contributed by atoms with Crippen molar-refractivity contribution in [1.29, 1.82) is 0 Å².